The van der Waals surface area contributed by atoms with Crippen molar-refractivity contribution in [1.82, 2.24) is 19.9 Å². The van der Waals surface area contributed by atoms with Crippen LogP contribution in [0.5, 0.6) is 6.01 Å². The molecule has 2 aromatic heterocycles. The zero-order chi connectivity index (χ0) is 16.1. The molecule has 3 heterocycles. The monoisotopic (exact) mass is 318 g/mol. The second-order valence-corrected chi connectivity index (χ2v) is 4.93. The van der Waals surface area contributed by atoms with Crippen LogP contribution in [0.3, 0.4) is 0 Å². The lowest BCUT2D eigenvalue weighted by molar-refractivity contribution is -0.0415. The molecule has 1 amide bonds. The largest absolute Gasteiger partial charge is 0.461 e. The Morgan fingerprint density at radius 1 is 1.30 bits per heavy atom. The number of carbonyl (C=O) groups excluding carboxylic acids is 1. The molecule has 0 N–H and O–H groups in total. The summed E-state index contributed by atoms with van der Waals surface area (Å²) in [5, 5.41) is 0. The zero-order valence-corrected chi connectivity index (χ0v) is 12.3. The maximum Gasteiger partial charge on any atom is 0.316 e. The molecule has 1 fully saturated rings. The number of hydrogen-bond acceptors (Lipinski definition) is 6. The van der Waals surface area contributed by atoms with Crippen molar-refractivity contribution in [3.05, 3.63) is 48.3 Å². The fraction of sp³-hybridized carbons (Fsp3) is 0.333. The maximum atomic E-state index is 13.6. The molecule has 1 atom stereocenters. The molecular formula is C15H15FN4O3. The van der Waals surface area contributed by atoms with Gasteiger partial charge in [-0.25, -0.2) is 15.0 Å². The summed E-state index contributed by atoms with van der Waals surface area (Å²) in [6.45, 7) is 1.27. The molecule has 0 saturated carbocycles. The Kier molecular flexibility index (Phi) is 4.72. The molecule has 1 saturated heterocycles. The number of aromatic nitrogens is 3. The van der Waals surface area contributed by atoms with Crippen molar-refractivity contribution in [2.75, 3.05) is 26.3 Å². The van der Waals surface area contributed by atoms with Crippen LogP contribution in [0.15, 0.2) is 36.8 Å². The summed E-state index contributed by atoms with van der Waals surface area (Å²) in [7, 11) is 0. The van der Waals surface area contributed by atoms with Gasteiger partial charge in [-0.15, -0.1) is 0 Å². The summed E-state index contributed by atoms with van der Waals surface area (Å²) in [6, 6.07) is 4.89. The van der Waals surface area contributed by atoms with Crippen LogP contribution in [0.25, 0.3) is 0 Å². The third-order valence-corrected chi connectivity index (χ3v) is 3.36. The van der Waals surface area contributed by atoms with E-state index in [9.17, 15) is 9.18 Å². The number of ether oxygens (including phenoxy) is 2. The van der Waals surface area contributed by atoms with Crippen molar-refractivity contribution in [2.24, 2.45) is 0 Å². The molecule has 0 spiro atoms. The molecular weight excluding hydrogens is 303 g/mol. The molecule has 0 bridgehead atoms. The minimum absolute atomic E-state index is 0.0412. The van der Waals surface area contributed by atoms with E-state index in [1.165, 1.54) is 23.2 Å². The number of pyridine rings is 1. The Morgan fingerprint density at radius 2 is 2.09 bits per heavy atom. The lowest BCUT2D eigenvalue weighted by atomic mass is 10.2. The normalized spacial score (nSPS) is 17.8. The number of nitrogens with zero attached hydrogens (tertiary/aromatic N) is 4. The van der Waals surface area contributed by atoms with Crippen molar-refractivity contribution < 1.29 is 18.7 Å². The average Bonchev–Trinajstić information content (AvgIpc) is 2.61. The number of carbonyl (C=O) groups is 1. The fourth-order valence-corrected chi connectivity index (χ4v) is 2.25. The van der Waals surface area contributed by atoms with E-state index in [1.807, 2.05) is 0 Å². The fourth-order valence-electron chi connectivity index (χ4n) is 2.25. The molecule has 1 aliphatic rings. The van der Waals surface area contributed by atoms with Crippen LogP contribution < -0.4 is 4.74 Å². The first-order valence-electron chi connectivity index (χ1n) is 7.15. The summed E-state index contributed by atoms with van der Waals surface area (Å²) in [6.07, 6.45) is 4.13. The smallest absolute Gasteiger partial charge is 0.316 e. The third kappa shape index (κ3) is 3.78. The van der Waals surface area contributed by atoms with Crippen LogP contribution in [0.2, 0.25) is 0 Å². The minimum atomic E-state index is -0.769. The van der Waals surface area contributed by atoms with E-state index in [-0.39, 0.29) is 24.3 Å². The summed E-state index contributed by atoms with van der Waals surface area (Å²) < 4.78 is 24.6. The molecule has 3 rings (SSSR count). The standard InChI is InChI=1S/C15H15FN4O3/c16-13-12(3-1-4-17-13)14(21)20-7-8-22-11(9-20)10-23-15-18-5-2-6-19-15/h1-6,11H,7-10H2. The first-order chi connectivity index (χ1) is 11.2. The number of amides is 1. The van der Waals surface area contributed by atoms with Gasteiger partial charge in [-0.1, -0.05) is 0 Å². The quantitative estimate of drug-likeness (QED) is 0.781. The molecule has 1 aliphatic heterocycles. The second-order valence-electron chi connectivity index (χ2n) is 4.93. The first-order valence-corrected chi connectivity index (χ1v) is 7.15. The van der Waals surface area contributed by atoms with Gasteiger partial charge in [-0.05, 0) is 18.2 Å². The van der Waals surface area contributed by atoms with E-state index < -0.39 is 11.9 Å². The Hall–Kier alpha value is -2.61. The Labute approximate surface area is 132 Å². The van der Waals surface area contributed by atoms with Gasteiger partial charge in [0.25, 0.3) is 5.91 Å². The maximum absolute atomic E-state index is 13.6. The Morgan fingerprint density at radius 3 is 2.87 bits per heavy atom. The number of hydrogen-bond donors (Lipinski definition) is 0. The second kappa shape index (κ2) is 7.10. The van der Waals surface area contributed by atoms with Gasteiger partial charge in [0.15, 0.2) is 0 Å². The summed E-state index contributed by atoms with van der Waals surface area (Å²) in [5.74, 6) is -1.17. The number of rotatable bonds is 4. The van der Waals surface area contributed by atoms with E-state index in [1.54, 1.807) is 18.5 Å². The van der Waals surface area contributed by atoms with E-state index in [2.05, 4.69) is 15.0 Å². The van der Waals surface area contributed by atoms with Crippen molar-refractivity contribution in [3.63, 3.8) is 0 Å². The molecule has 23 heavy (non-hydrogen) atoms. The molecule has 0 radical (unpaired) electrons. The first kappa shape index (κ1) is 15.3. The number of morpholine rings is 1. The lowest BCUT2D eigenvalue weighted by Gasteiger charge is -2.32. The van der Waals surface area contributed by atoms with Gasteiger partial charge in [0.05, 0.1) is 18.7 Å². The van der Waals surface area contributed by atoms with Crippen molar-refractivity contribution in [3.8, 4) is 6.01 Å². The van der Waals surface area contributed by atoms with Gasteiger partial charge in [-0.3, -0.25) is 4.79 Å². The highest BCUT2D eigenvalue weighted by molar-refractivity contribution is 5.94. The zero-order valence-electron chi connectivity index (χ0n) is 12.3. The van der Waals surface area contributed by atoms with E-state index in [0.717, 1.165) is 0 Å². The van der Waals surface area contributed by atoms with Gasteiger partial charge in [0.1, 0.15) is 12.7 Å². The highest BCUT2D eigenvalue weighted by Crippen LogP contribution is 2.13. The van der Waals surface area contributed by atoms with Crippen molar-refractivity contribution in [2.45, 2.75) is 6.10 Å². The predicted octanol–water partition coefficient (Wildman–Crippen LogP) is 0.931. The topological polar surface area (TPSA) is 77.4 Å². The SMILES string of the molecule is O=C(c1cccnc1F)N1CCOC(COc2ncccn2)C1. The van der Waals surface area contributed by atoms with E-state index in [0.29, 0.717) is 19.7 Å². The highest BCUT2D eigenvalue weighted by atomic mass is 19.1. The van der Waals surface area contributed by atoms with E-state index >= 15 is 0 Å². The average molecular weight is 318 g/mol. The molecule has 0 aliphatic carbocycles. The Balaban J connectivity index is 1.60. The molecule has 7 nitrogen and oxygen atoms in total. The van der Waals surface area contributed by atoms with Gasteiger partial charge >= 0.3 is 6.01 Å². The summed E-state index contributed by atoms with van der Waals surface area (Å²) in [5.41, 5.74) is -0.0412. The predicted molar refractivity (Wildman–Crippen MR) is 77.4 cm³/mol. The molecule has 2 aromatic rings. The van der Waals surface area contributed by atoms with Crippen LogP contribution in [0.1, 0.15) is 10.4 Å². The van der Waals surface area contributed by atoms with Crippen LogP contribution in [0, 0.1) is 5.95 Å². The third-order valence-electron chi connectivity index (χ3n) is 3.36. The van der Waals surface area contributed by atoms with Gasteiger partial charge < -0.3 is 14.4 Å². The number of halogens is 1. The van der Waals surface area contributed by atoms with Crippen LogP contribution in [-0.4, -0.2) is 58.2 Å². The molecule has 0 aromatic carbocycles. The molecule has 120 valence electrons. The van der Waals surface area contributed by atoms with Crippen LogP contribution in [0.4, 0.5) is 4.39 Å². The lowest BCUT2D eigenvalue weighted by Crippen LogP contribution is -2.47. The summed E-state index contributed by atoms with van der Waals surface area (Å²) >= 11 is 0. The minimum Gasteiger partial charge on any atom is -0.461 e. The van der Waals surface area contributed by atoms with Gasteiger partial charge in [0.2, 0.25) is 5.95 Å². The molecule has 8 heteroatoms. The van der Waals surface area contributed by atoms with Crippen molar-refractivity contribution >= 4 is 5.91 Å². The summed E-state index contributed by atoms with van der Waals surface area (Å²) in [4.78, 5) is 25.3. The van der Waals surface area contributed by atoms with Crippen LogP contribution in [-0.2, 0) is 4.74 Å². The van der Waals surface area contributed by atoms with Gasteiger partial charge in [-0.2, -0.15) is 4.39 Å². The molecule has 1 unspecified atom stereocenters. The highest BCUT2D eigenvalue weighted by Gasteiger charge is 2.27. The van der Waals surface area contributed by atoms with E-state index in [4.69, 9.17) is 9.47 Å². The van der Waals surface area contributed by atoms with Crippen LogP contribution >= 0.6 is 0 Å². The van der Waals surface area contributed by atoms with Gasteiger partial charge in [0, 0.05) is 25.1 Å². The Bertz CT molecular complexity index is 671. The van der Waals surface area contributed by atoms with Crippen molar-refractivity contribution in [1.29, 1.82) is 0 Å².